The summed E-state index contributed by atoms with van der Waals surface area (Å²) >= 11 is 0. The average molecular weight is 252 g/mol. The number of nitrogens with one attached hydrogen (secondary N) is 1. The molecule has 1 amide bonds. The molecule has 2 rings (SSSR count). The van der Waals surface area contributed by atoms with Crippen LogP contribution >= 0.6 is 0 Å². The third-order valence-corrected chi connectivity index (χ3v) is 3.19. The molecule has 7 nitrogen and oxygen atoms in total. The van der Waals surface area contributed by atoms with Crippen molar-refractivity contribution >= 4 is 6.09 Å². The molecule has 98 valence electrons. The summed E-state index contributed by atoms with van der Waals surface area (Å²) in [6.07, 6.45) is 0.445. The molecule has 0 aliphatic carbocycles. The van der Waals surface area contributed by atoms with E-state index in [1.807, 2.05) is 6.92 Å². The Kier molecular flexibility index (Phi) is 3.22. The highest BCUT2D eigenvalue weighted by Gasteiger charge is 2.21. The molecule has 1 aliphatic heterocycles. The minimum atomic E-state index is -0.964. The number of aryl methyl sites for hydroxylation is 1. The SMILES string of the molecule is CCc1nc2c(n(O)c1=N)CCN(C(=O)O)CC2. The van der Waals surface area contributed by atoms with Gasteiger partial charge in [0.05, 0.1) is 17.1 Å². The molecule has 0 fully saturated rings. The zero-order valence-electron chi connectivity index (χ0n) is 10.2. The number of nitrogens with zero attached hydrogens (tertiary/aromatic N) is 3. The lowest BCUT2D eigenvalue weighted by Crippen LogP contribution is -2.32. The van der Waals surface area contributed by atoms with Gasteiger partial charge in [-0.3, -0.25) is 10.4 Å². The molecule has 0 saturated carbocycles. The summed E-state index contributed by atoms with van der Waals surface area (Å²) in [6.45, 7) is 2.55. The second kappa shape index (κ2) is 4.67. The van der Waals surface area contributed by atoms with E-state index in [9.17, 15) is 10.0 Å². The number of hydrogen-bond donors (Lipinski definition) is 3. The van der Waals surface area contributed by atoms with E-state index in [1.54, 1.807) is 0 Å². The van der Waals surface area contributed by atoms with Crippen LogP contribution in [0.5, 0.6) is 0 Å². The summed E-state index contributed by atoms with van der Waals surface area (Å²) < 4.78 is 0.840. The lowest BCUT2D eigenvalue weighted by molar-refractivity contribution is 0.143. The van der Waals surface area contributed by atoms with Gasteiger partial charge in [0, 0.05) is 25.9 Å². The van der Waals surface area contributed by atoms with Crippen molar-refractivity contribution in [2.24, 2.45) is 0 Å². The number of amides is 1. The predicted molar refractivity (Wildman–Crippen MR) is 61.7 cm³/mol. The van der Waals surface area contributed by atoms with Crippen LogP contribution in [0.25, 0.3) is 0 Å². The number of aromatic nitrogens is 2. The normalized spacial score (nSPS) is 15.1. The second-order valence-electron chi connectivity index (χ2n) is 4.24. The van der Waals surface area contributed by atoms with Crippen LogP contribution in [0.3, 0.4) is 0 Å². The zero-order chi connectivity index (χ0) is 13.3. The van der Waals surface area contributed by atoms with Crippen LogP contribution in [0.2, 0.25) is 0 Å². The zero-order valence-corrected chi connectivity index (χ0v) is 10.2. The van der Waals surface area contributed by atoms with Gasteiger partial charge in [-0.15, -0.1) is 0 Å². The predicted octanol–water partition coefficient (Wildman–Crippen LogP) is 0.241. The number of rotatable bonds is 1. The highest BCUT2D eigenvalue weighted by Crippen LogP contribution is 2.12. The molecule has 0 aromatic carbocycles. The summed E-state index contributed by atoms with van der Waals surface area (Å²) in [7, 11) is 0. The fraction of sp³-hybridized carbons (Fsp3) is 0.545. The van der Waals surface area contributed by atoms with Gasteiger partial charge in [-0.05, 0) is 6.42 Å². The summed E-state index contributed by atoms with van der Waals surface area (Å²) in [5, 5.41) is 26.7. The maximum absolute atomic E-state index is 10.9. The lowest BCUT2D eigenvalue weighted by atomic mass is 10.2. The van der Waals surface area contributed by atoms with E-state index in [-0.39, 0.29) is 5.49 Å². The van der Waals surface area contributed by atoms with Crippen molar-refractivity contribution in [3.05, 3.63) is 22.6 Å². The molecular weight excluding hydrogens is 236 g/mol. The summed E-state index contributed by atoms with van der Waals surface area (Å²) in [4.78, 5) is 16.6. The third-order valence-electron chi connectivity index (χ3n) is 3.19. The Morgan fingerprint density at radius 3 is 2.72 bits per heavy atom. The number of fused-ring (bicyclic) bond motifs is 1. The van der Waals surface area contributed by atoms with Crippen molar-refractivity contribution in [2.75, 3.05) is 13.1 Å². The number of carboxylic acid groups (broad SMARTS) is 1. The molecule has 0 spiro atoms. The van der Waals surface area contributed by atoms with Crippen molar-refractivity contribution in [2.45, 2.75) is 26.2 Å². The van der Waals surface area contributed by atoms with Gasteiger partial charge >= 0.3 is 6.09 Å². The van der Waals surface area contributed by atoms with E-state index >= 15 is 0 Å². The highest BCUT2D eigenvalue weighted by atomic mass is 16.5. The highest BCUT2D eigenvalue weighted by molar-refractivity contribution is 5.65. The maximum Gasteiger partial charge on any atom is 0.407 e. The Morgan fingerprint density at radius 1 is 1.44 bits per heavy atom. The third kappa shape index (κ3) is 2.03. The van der Waals surface area contributed by atoms with Crippen molar-refractivity contribution in [1.82, 2.24) is 14.6 Å². The van der Waals surface area contributed by atoms with E-state index in [0.717, 1.165) is 4.73 Å². The van der Waals surface area contributed by atoms with E-state index in [2.05, 4.69) is 4.98 Å². The summed E-state index contributed by atoms with van der Waals surface area (Å²) in [5.41, 5.74) is 1.75. The van der Waals surface area contributed by atoms with Gasteiger partial charge in [0.15, 0.2) is 5.49 Å². The van der Waals surface area contributed by atoms with Gasteiger partial charge in [-0.1, -0.05) is 6.92 Å². The van der Waals surface area contributed by atoms with Crippen LogP contribution in [-0.4, -0.2) is 44.1 Å². The van der Waals surface area contributed by atoms with Crippen molar-refractivity contribution in [3.63, 3.8) is 0 Å². The molecule has 1 aromatic rings. The van der Waals surface area contributed by atoms with Crippen molar-refractivity contribution < 1.29 is 15.1 Å². The Bertz CT molecular complexity index is 538. The van der Waals surface area contributed by atoms with Crippen LogP contribution < -0.4 is 5.49 Å². The van der Waals surface area contributed by atoms with Gasteiger partial charge in [0.25, 0.3) is 0 Å². The summed E-state index contributed by atoms with van der Waals surface area (Å²) in [5.74, 6) is 0. The molecule has 3 N–H and O–H groups in total. The molecule has 0 atom stereocenters. The van der Waals surface area contributed by atoms with Gasteiger partial charge in [0.2, 0.25) is 0 Å². The molecule has 1 aliphatic rings. The largest absolute Gasteiger partial charge is 0.465 e. The summed E-state index contributed by atoms with van der Waals surface area (Å²) in [6, 6.07) is 0. The van der Waals surface area contributed by atoms with Gasteiger partial charge in [0.1, 0.15) is 0 Å². The molecule has 2 heterocycles. The first-order valence-electron chi connectivity index (χ1n) is 5.90. The quantitative estimate of drug-likeness (QED) is 0.623. The first-order chi connectivity index (χ1) is 8.54. The molecule has 0 radical (unpaired) electrons. The van der Waals surface area contributed by atoms with Crippen LogP contribution in [0, 0.1) is 5.41 Å². The fourth-order valence-corrected chi connectivity index (χ4v) is 2.14. The Hall–Kier alpha value is -2.05. The second-order valence-corrected chi connectivity index (χ2v) is 4.24. The Balaban J connectivity index is 2.42. The van der Waals surface area contributed by atoms with Gasteiger partial charge in [-0.25, -0.2) is 4.79 Å². The van der Waals surface area contributed by atoms with Crippen LogP contribution in [0.1, 0.15) is 24.0 Å². The molecule has 0 bridgehead atoms. The smallest absolute Gasteiger partial charge is 0.407 e. The van der Waals surface area contributed by atoms with E-state index in [0.29, 0.717) is 49.4 Å². The standard InChI is InChI=1S/C11H16N4O3/c1-2-7-10(12)15(18)9-4-6-14(11(16)17)5-3-8(9)13-7/h12,18H,2-6H2,1H3,(H,16,17). The van der Waals surface area contributed by atoms with Crippen LogP contribution in [-0.2, 0) is 19.3 Å². The molecule has 1 aromatic heterocycles. The van der Waals surface area contributed by atoms with Gasteiger partial charge < -0.3 is 15.2 Å². The molecule has 7 heteroatoms. The van der Waals surface area contributed by atoms with Crippen molar-refractivity contribution in [1.29, 1.82) is 5.41 Å². The minimum absolute atomic E-state index is 0.0139. The Labute approximate surface area is 104 Å². The van der Waals surface area contributed by atoms with E-state index < -0.39 is 6.09 Å². The fourth-order valence-electron chi connectivity index (χ4n) is 2.14. The molecular formula is C11H16N4O3. The maximum atomic E-state index is 10.9. The van der Waals surface area contributed by atoms with E-state index in [4.69, 9.17) is 10.5 Å². The topological polar surface area (TPSA) is 102 Å². The minimum Gasteiger partial charge on any atom is -0.465 e. The molecule has 18 heavy (non-hydrogen) atoms. The number of carbonyl (C=O) groups is 1. The van der Waals surface area contributed by atoms with Crippen molar-refractivity contribution in [3.8, 4) is 0 Å². The van der Waals surface area contributed by atoms with Crippen LogP contribution in [0.15, 0.2) is 0 Å². The first kappa shape index (κ1) is 12.4. The molecule has 0 unspecified atom stereocenters. The first-order valence-corrected chi connectivity index (χ1v) is 5.90. The average Bonchev–Trinajstić information content (AvgIpc) is 2.56. The number of hydrogen-bond acceptors (Lipinski definition) is 4. The lowest BCUT2D eigenvalue weighted by Gasteiger charge is -2.14. The van der Waals surface area contributed by atoms with Crippen LogP contribution in [0.4, 0.5) is 4.79 Å². The molecule has 0 saturated heterocycles. The van der Waals surface area contributed by atoms with Gasteiger partial charge in [-0.2, -0.15) is 4.73 Å². The Morgan fingerprint density at radius 2 is 2.11 bits per heavy atom. The van der Waals surface area contributed by atoms with E-state index in [1.165, 1.54) is 4.90 Å². The monoisotopic (exact) mass is 252 g/mol.